The fourth-order valence-corrected chi connectivity index (χ4v) is 3.61. The average molecular weight is 479 g/mol. The summed E-state index contributed by atoms with van der Waals surface area (Å²) in [5.74, 6) is 0.110. The molecule has 1 amide bonds. The summed E-state index contributed by atoms with van der Waals surface area (Å²) in [6.07, 6.45) is 3.17. The summed E-state index contributed by atoms with van der Waals surface area (Å²) in [5.41, 5.74) is -4.11. The Morgan fingerprint density at radius 3 is 2.36 bits per heavy atom. The van der Waals surface area contributed by atoms with Gasteiger partial charge in [0.05, 0.1) is 18.7 Å². The highest BCUT2D eigenvalue weighted by Gasteiger charge is 2.48. The molecular formula is C21H16F3N3O5S. The fraction of sp³-hybridized carbons (Fsp3) is 0.190. The molecule has 0 atom stereocenters. The maximum Gasteiger partial charge on any atom is 0.534 e. The predicted molar refractivity (Wildman–Crippen MR) is 110 cm³/mol. The van der Waals surface area contributed by atoms with Crippen molar-refractivity contribution in [3.8, 4) is 22.6 Å². The molecule has 0 unspecified atom stereocenters. The zero-order chi connectivity index (χ0) is 23.6. The van der Waals surface area contributed by atoms with Gasteiger partial charge in [-0.2, -0.15) is 21.6 Å². The molecule has 0 saturated carbocycles. The Morgan fingerprint density at radius 2 is 1.70 bits per heavy atom. The van der Waals surface area contributed by atoms with Gasteiger partial charge in [0.25, 0.3) is 5.91 Å². The number of fused-ring (bicyclic) bond motifs is 1. The Labute approximate surface area is 186 Å². The highest BCUT2D eigenvalue weighted by molar-refractivity contribution is 7.88. The molecule has 0 fully saturated rings. The van der Waals surface area contributed by atoms with Gasteiger partial charge >= 0.3 is 15.6 Å². The van der Waals surface area contributed by atoms with Crippen LogP contribution < -0.4 is 8.92 Å². The molecule has 0 saturated heterocycles. The van der Waals surface area contributed by atoms with Crippen molar-refractivity contribution in [3.63, 3.8) is 0 Å². The van der Waals surface area contributed by atoms with E-state index in [4.69, 9.17) is 4.74 Å². The summed E-state index contributed by atoms with van der Waals surface area (Å²) in [4.78, 5) is 23.0. The van der Waals surface area contributed by atoms with E-state index in [9.17, 15) is 26.4 Å². The first-order chi connectivity index (χ1) is 15.6. The van der Waals surface area contributed by atoms with Crippen molar-refractivity contribution >= 4 is 16.0 Å². The molecule has 12 heteroatoms. The SMILES string of the molecule is O=C1c2cc(-c3ccc(OS(=O)(=O)C(F)(F)F)cc3)ccc2OCCN1Cc1ncccn1. The monoisotopic (exact) mass is 479 g/mol. The molecule has 0 N–H and O–H groups in total. The number of ether oxygens (including phenoxy) is 1. The highest BCUT2D eigenvalue weighted by Crippen LogP contribution is 2.32. The lowest BCUT2D eigenvalue weighted by molar-refractivity contribution is -0.0500. The van der Waals surface area contributed by atoms with Gasteiger partial charge in [0.2, 0.25) is 0 Å². The second-order valence-corrected chi connectivity index (χ2v) is 8.50. The zero-order valence-corrected chi connectivity index (χ0v) is 17.6. The molecule has 0 radical (unpaired) electrons. The van der Waals surface area contributed by atoms with E-state index in [1.54, 1.807) is 41.6 Å². The van der Waals surface area contributed by atoms with E-state index in [-0.39, 0.29) is 19.1 Å². The molecule has 3 aromatic rings. The molecule has 33 heavy (non-hydrogen) atoms. The van der Waals surface area contributed by atoms with Crippen molar-refractivity contribution in [3.05, 3.63) is 72.3 Å². The van der Waals surface area contributed by atoms with E-state index >= 15 is 0 Å². The molecule has 2 aromatic carbocycles. The van der Waals surface area contributed by atoms with E-state index in [0.29, 0.717) is 34.8 Å². The first-order valence-corrected chi connectivity index (χ1v) is 11.0. The molecular weight excluding hydrogens is 463 g/mol. The number of aromatic nitrogens is 2. The number of halogens is 3. The summed E-state index contributed by atoms with van der Waals surface area (Å²) >= 11 is 0. The normalized spacial score (nSPS) is 14.3. The quantitative estimate of drug-likeness (QED) is 0.409. The second kappa shape index (κ2) is 8.70. The number of nitrogens with zero attached hydrogens (tertiary/aromatic N) is 3. The van der Waals surface area contributed by atoms with Crippen LogP contribution in [0.15, 0.2) is 60.9 Å². The third-order valence-corrected chi connectivity index (χ3v) is 5.72. The summed E-state index contributed by atoms with van der Waals surface area (Å²) in [6.45, 7) is 0.817. The van der Waals surface area contributed by atoms with Crippen LogP contribution in [0.25, 0.3) is 11.1 Å². The molecule has 0 spiro atoms. The van der Waals surface area contributed by atoms with Crippen LogP contribution in [0.4, 0.5) is 13.2 Å². The number of hydrogen-bond donors (Lipinski definition) is 0. The number of hydrogen-bond acceptors (Lipinski definition) is 7. The minimum Gasteiger partial charge on any atom is -0.491 e. The number of carbonyl (C=O) groups excluding carboxylic acids is 1. The van der Waals surface area contributed by atoms with E-state index < -0.39 is 21.4 Å². The summed E-state index contributed by atoms with van der Waals surface area (Å²) < 4.78 is 69.6. The van der Waals surface area contributed by atoms with Gasteiger partial charge in [0, 0.05) is 12.4 Å². The van der Waals surface area contributed by atoms with Crippen molar-refractivity contribution in [2.45, 2.75) is 12.1 Å². The number of alkyl halides is 3. The average Bonchev–Trinajstić information content (AvgIpc) is 2.93. The van der Waals surface area contributed by atoms with Crippen LogP contribution in [-0.4, -0.2) is 47.9 Å². The predicted octanol–water partition coefficient (Wildman–Crippen LogP) is 3.41. The van der Waals surface area contributed by atoms with Gasteiger partial charge in [0.15, 0.2) is 0 Å². The molecule has 4 rings (SSSR count). The smallest absolute Gasteiger partial charge is 0.491 e. The van der Waals surface area contributed by atoms with Crippen LogP contribution in [0, 0.1) is 0 Å². The van der Waals surface area contributed by atoms with Crippen LogP contribution in [0.1, 0.15) is 16.2 Å². The number of benzene rings is 2. The van der Waals surface area contributed by atoms with Crippen molar-refractivity contribution in [2.75, 3.05) is 13.2 Å². The highest BCUT2D eigenvalue weighted by atomic mass is 32.2. The van der Waals surface area contributed by atoms with E-state index in [1.165, 1.54) is 12.1 Å². The fourth-order valence-electron chi connectivity index (χ4n) is 3.15. The Bertz CT molecular complexity index is 1270. The minimum absolute atomic E-state index is 0.201. The van der Waals surface area contributed by atoms with Crippen LogP contribution in [0.3, 0.4) is 0 Å². The lowest BCUT2D eigenvalue weighted by atomic mass is 10.0. The maximum atomic E-state index is 13.1. The lowest BCUT2D eigenvalue weighted by Gasteiger charge is -2.19. The van der Waals surface area contributed by atoms with Crippen molar-refractivity contribution in [1.29, 1.82) is 0 Å². The third kappa shape index (κ3) is 4.90. The molecule has 172 valence electrons. The van der Waals surface area contributed by atoms with E-state index in [2.05, 4.69) is 14.2 Å². The van der Waals surface area contributed by atoms with Gasteiger partial charge in [-0.05, 0) is 41.5 Å². The van der Waals surface area contributed by atoms with Crippen LogP contribution >= 0.6 is 0 Å². The lowest BCUT2D eigenvalue weighted by Crippen LogP contribution is -2.32. The molecule has 0 bridgehead atoms. The van der Waals surface area contributed by atoms with Gasteiger partial charge in [0.1, 0.15) is 23.9 Å². The second-order valence-electron chi connectivity index (χ2n) is 6.96. The number of carbonyl (C=O) groups is 1. The Morgan fingerprint density at radius 1 is 1.03 bits per heavy atom. The molecule has 1 aliphatic heterocycles. The molecule has 8 nitrogen and oxygen atoms in total. The Balaban J connectivity index is 1.58. The van der Waals surface area contributed by atoms with Crippen molar-refractivity contribution < 1.29 is 35.3 Å². The summed E-state index contributed by atoms with van der Waals surface area (Å²) in [5, 5.41) is 0. The molecule has 0 aliphatic carbocycles. The largest absolute Gasteiger partial charge is 0.534 e. The van der Waals surface area contributed by atoms with Gasteiger partial charge in [-0.1, -0.05) is 18.2 Å². The zero-order valence-electron chi connectivity index (χ0n) is 16.8. The van der Waals surface area contributed by atoms with Gasteiger partial charge in [-0.15, -0.1) is 0 Å². The van der Waals surface area contributed by atoms with E-state index in [0.717, 1.165) is 12.1 Å². The summed E-state index contributed by atoms with van der Waals surface area (Å²) in [7, 11) is -5.76. The number of rotatable bonds is 5. The number of amides is 1. The standard InChI is InChI=1S/C21H16F3N3O5S/c22-21(23,24)33(29,30)32-16-5-2-14(3-6-16)15-4-7-18-17(12-15)20(28)27(10-11-31-18)13-19-25-8-1-9-26-19/h1-9,12H,10-11,13H2. The first-order valence-electron chi connectivity index (χ1n) is 9.57. The molecule has 1 aliphatic rings. The van der Waals surface area contributed by atoms with Crippen LogP contribution in [0.2, 0.25) is 0 Å². The Hall–Kier alpha value is -3.67. The third-order valence-electron chi connectivity index (χ3n) is 4.74. The molecule has 2 heterocycles. The van der Waals surface area contributed by atoms with Crippen molar-refractivity contribution in [1.82, 2.24) is 14.9 Å². The van der Waals surface area contributed by atoms with Gasteiger partial charge < -0.3 is 13.8 Å². The van der Waals surface area contributed by atoms with Gasteiger partial charge in [-0.25, -0.2) is 9.97 Å². The Kier molecular flexibility index (Phi) is 5.93. The summed E-state index contributed by atoms with van der Waals surface area (Å²) in [6, 6.07) is 11.6. The van der Waals surface area contributed by atoms with E-state index in [1.807, 2.05) is 0 Å². The minimum atomic E-state index is -5.76. The molecule has 1 aromatic heterocycles. The topological polar surface area (TPSA) is 98.7 Å². The van der Waals surface area contributed by atoms with Crippen LogP contribution in [0.5, 0.6) is 11.5 Å². The van der Waals surface area contributed by atoms with Crippen LogP contribution in [-0.2, 0) is 16.7 Å². The van der Waals surface area contributed by atoms with Gasteiger partial charge in [-0.3, -0.25) is 4.79 Å². The maximum absolute atomic E-state index is 13.1. The van der Waals surface area contributed by atoms with Crippen molar-refractivity contribution in [2.24, 2.45) is 0 Å². The first kappa shape index (κ1) is 22.5.